The number of allylic oxidation sites excluding steroid dienone is 1. The highest BCUT2D eigenvalue weighted by Crippen LogP contribution is 2.51. The summed E-state index contributed by atoms with van der Waals surface area (Å²) in [5.41, 5.74) is -1.93. The van der Waals surface area contributed by atoms with E-state index in [-0.39, 0.29) is 41.3 Å². The molecule has 1 N–H and O–H groups in total. The Morgan fingerprint density at radius 2 is 1.96 bits per heavy atom. The minimum Gasteiger partial charge on any atom is -0.350 e. The molecular formula is C33H36F5N5O2S. The van der Waals surface area contributed by atoms with Crippen LogP contribution in [-0.4, -0.2) is 64.9 Å². The number of thioether (sulfide) groups is 1. The second-order valence-electron chi connectivity index (χ2n) is 12.2. The first kappa shape index (κ1) is 33.6. The molecule has 7 nitrogen and oxygen atoms in total. The molecule has 1 saturated heterocycles. The molecule has 2 aliphatic heterocycles. The summed E-state index contributed by atoms with van der Waals surface area (Å²) in [5.74, 6) is -2.07. The Balaban J connectivity index is 1.84. The standard InChI is InChI=1S/C33H36F5N5O2S/c1-6-19(4)13-42(14-20(5)39-26(44)7-2)30-23-12-24(33(36,37)38)27(22-10-9-21(34)11-25(22)35)29-28(23)43(31(45)40-30)17-32(18-46-29)15-41(8-3)16-32/h6-7,9-12,20H,2,8,13-18H2,1,3-5H3,(H,39,44)/b19-6-/t20-/m0/s1. The summed E-state index contributed by atoms with van der Waals surface area (Å²) in [5, 5.41) is 2.84. The van der Waals surface area contributed by atoms with E-state index in [1.807, 2.05) is 26.8 Å². The number of likely N-dealkylation sites (tertiary alicyclic amines) is 1. The molecule has 46 heavy (non-hydrogen) atoms. The average Bonchev–Trinajstić information content (AvgIpc) is 3.16. The van der Waals surface area contributed by atoms with Crippen LogP contribution in [0.15, 0.2) is 58.3 Å². The van der Waals surface area contributed by atoms with Crippen LogP contribution in [0.25, 0.3) is 22.0 Å². The van der Waals surface area contributed by atoms with E-state index in [0.717, 1.165) is 48.2 Å². The number of carbonyl (C=O) groups is 1. The summed E-state index contributed by atoms with van der Waals surface area (Å²) in [6, 6.07) is 2.93. The number of hydrogen-bond donors (Lipinski definition) is 1. The van der Waals surface area contributed by atoms with Gasteiger partial charge >= 0.3 is 11.9 Å². The van der Waals surface area contributed by atoms with Gasteiger partial charge in [0.2, 0.25) is 5.91 Å². The molecule has 1 amide bonds. The predicted molar refractivity (Wildman–Crippen MR) is 171 cm³/mol. The monoisotopic (exact) mass is 661 g/mol. The van der Waals surface area contributed by atoms with Gasteiger partial charge in [-0.25, -0.2) is 13.6 Å². The largest absolute Gasteiger partial charge is 0.417 e. The highest BCUT2D eigenvalue weighted by molar-refractivity contribution is 7.99. The molecule has 2 aliphatic rings. The maximum absolute atomic E-state index is 15.4. The zero-order chi connectivity index (χ0) is 33.6. The Morgan fingerprint density at radius 1 is 1.24 bits per heavy atom. The molecule has 1 atom stereocenters. The van der Waals surface area contributed by atoms with Gasteiger partial charge in [-0.05, 0) is 51.6 Å². The lowest BCUT2D eigenvalue weighted by atomic mass is 9.81. The quantitative estimate of drug-likeness (QED) is 0.166. The third-order valence-corrected chi connectivity index (χ3v) is 10.0. The van der Waals surface area contributed by atoms with E-state index in [0.29, 0.717) is 24.9 Å². The summed E-state index contributed by atoms with van der Waals surface area (Å²) < 4.78 is 75.8. The number of benzene rings is 2. The lowest BCUT2D eigenvalue weighted by Gasteiger charge is -2.49. The number of nitrogens with one attached hydrogen (secondary N) is 1. The summed E-state index contributed by atoms with van der Waals surface area (Å²) in [7, 11) is 0. The number of anilines is 1. The van der Waals surface area contributed by atoms with Gasteiger partial charge in [-0.15, -0.1) is 11.8 Å². The van der Waals surface area contributed by atoms with Crippen LogP contribution in [0.4, 0.5) is 27.8 Å². The number of hydrogen-bond acceptors (Lipinski definition) is 6. The molecule has 1 fully saturated rings. The SMILES string of the molecule is C=CC(=O)N[C@@H](C)CN(C/C(C)=C\C)c1nc(=O)n2c3c(c(-c4ccc(F)cc4F)c(C(F)(F)F)cc13)SCC1(CN(CC)C1)C2. The average molecular weight is 662 g/mol. The van der Waals surface area contributed by atoms with Crippen LogP contribution >= 0.6 is 11.8 Å². The fourth-order valence-electron chi connectivity index (χ4n) is 6.32. The minimum atomic E-state index is -4.94. The van der Waals surface area contributed by atoms with Gasteiger partial charge in [0.15, 0.2) is 0 Å². The Hall–Kier alpha value is -3.71. The van der Waals surface area contributed by atoms with Crippen LogP contribution < -0.4 is 15.9 Å². The number of carbonyl (C=O) groups excluding carboxylic acids is 1. The van der Waals surface area contributed by atoms with Gasteiger partial charge < -0.3 is 15.1 Å². The van der Waals surface area contributed by atoms with Crippen LogP contribution in [0.1, 0.15) is 33.3 Å². The summed E-state index contributed by atoms with van der Waals surface area (Å²) >= 11 is 1.16. The molecule has 0 unspecified atom stereocenters. The normalized spacial score (nSPS) is 17.0. The van der Waals surface area contributed by atoms with Crippen LogP contribution in [0, 0.1) is 17.0 Å². The molecule has 2 aromatic carbocycles. The molecule has 0 radical (unpaired) electrons. The third-order valence-electron chi connectivity index (χ3n) is 8.59. The van der Waals surface area contributed by atoms with Crippen molar-refractivity contribution in [2.45, 2.75) is 51.4 Å². The number of aromatic nitrogens is 2. The van der Waals surface area contributed by atoms with Gasteiger partial charge in [-0.3, -0.25) is 9.36 Å². The van der Waals surface area contributed by atoms with Crippen molar-refractivity contribution in [1.82, 2.24) is 19.8 Å². The number of alkyl halides is 3. The molecule has 1 aromatic heterocycles. The third kappa shape index (κ3) is 6.44. The van der Waals surface area contributed by atoms with Crippen LogP contribution in [0.5, 0.6) is 0 Å². The van der Waals surface area contributed by atoms with E-state index in [2.05, 4.69) is 21.8 Å². The molecule has 246 valence electrons. The molecule has 0 saturated carbocycles. The van der Waals surface area contributed by atoms with Crippen molar-refractivity contribution in [3.8, 4) is 11.1 Å². The number of rotatable bonds is 9. The van der Waals surface area contributed by atoms with E-state index in [9.17, 15) is 14.0 Å². The first-order valence-electron chi connectivity index (χ1n) is 15.0. The zero-order valence-electron chi connectivity index (χ0n) is 26.1. The van der Waals surface area contributed by atoms with Crippen molar-refractivity contribution in [1.29, 1.82) is 0 Å². The van der Waals surface area contributed by atoms with Crippen molar-refractivity contribution in [2.75, 3.05) is 43.4 Å². The van der Waals surface area contributed by atoms with Crippen molar-refractivity contribution >= 4 is 34.4 Å². The molecule has 3 heterocycles. The molecular weight excluding hydrogens is 625 g/mol. The smallest absolute Gasteiger partial charge is 0.350 e. The van der Waals surface area contributed by atoms with Gasteiger partial charge in [0.25, 0.3) is 0 Å². The van der Waals surface area contributed by atoms with Crippen molar-refractivity contribution in [3.05, 3.63) is 76.3 Å². The van der Waals surface area contributed by atoms with Crippen LogP contribution in [0.3, 0.4) is 0 Å². The topological polar surface area (TPSA) is 70.5 Å². The molecule has 5 rings (SSSR count). The van der Waals surface area contributed by atoms with E-state index in [1.54, 1.807) is 11.8 Å². The molecule has 0 aliphatic carbocycles. The van der Waals surface area contributed by atoms with Crippen LogP contribution in [0.2, 0.25) is 0 Å². The predicted octanol–water partition coefficient (Wildman–Crippen LogP) is 6.25. The number of nitrogens with zero attached hydrogens (tertiary/aromatic N) is 4. The van der Waals surface area contributed by atoms with Crippen molar-refractivity contribution in [2.24, 2.45) is 5.41 Å². The maximum Gasteiger partial charge on any atom is 0.417 e. The highest BCUT2D eigenvalue weighted by Gasteiger charge is 2.46. The lowest BCUT2D eigenvalue weighted by molar-refractivity contribution is -0.137. The van der Waals surface area contributed by atoms with E-state index < -0.39 is 57.6 Å². The molecule has 1 spiro atoms. The summed E-state index contributed by atoms with van der Waals surface area (Å²) in [4.78, 5) is 34.4. The molecule has 13 heteroatoms. The van der Waals surface area contributed by atoms with Crippen molar-refractivity contribution < 1.29 is 26.7 Å². The highest BCUT2D eigenvalue weighted by atomic mass is 32.2. The Kier molecular flexibility index (Phi) is 9.38. The second kappa shape index (κ2) is 12.8. The Morgan fingerprint density at radius 3 is 2.57 bits per heavy atom. The Labute approximate surface area is 268 Å². The van der Waals surface area contributed by atoms with Gasteiger partial charge in [0.1, 0.15) is 17.5 Å². The summed E-state index contributed by atoms with van der Waals surface area (Å²) in [6.07, 6.45) is -1.98. The van der Waals surface area contributed by atoms with E-state index >= 15 is 17.6 Å². The second-order valence-corrected chi connectivity index (χ2v) is 13.2. The van der Waals surface area contributed by atoms with Gasteiger partial charge in [-0.1, -0.05) is 25.2 Å². The van der Waals surface area contributed by atoms with Gasteiger partial charge in [0.05, 0.1) is 11.1 Å². The van der Waals surface area contributed by atoms with Crippen LogP contribution in [-0.2, 0) is 17.5 Å². The molecule has 0 bridgehead atoms. The summed E-state index contributed by atoms with van der Waals surface area (Å²) in [6.45, 7) is 13.5. The number of halogens is 5. The first-order valence-corrected chi connectivity index (χ1v) is 16.0. The number of amides is 1. The Bertz CT molecular complexity index is 1780. The lowest BCUT2D eigenvalue weighted by Crippen LogP contribution is -2.59. The van der Waals surface area contributed by atoms with Crippen molar-refractivity contribution in [3.63, 3.8) is 0 Å². The zero-order valence-corrected chi connectivity index (χ0v) is 26.9. The van der Waals surface area contributed by atoms with Gasteiger partial charge in [-0.2, -0.15) is 18.2 Å². The van der Waals surface area contributed by atoms with Gasteiger partial charge in [0, 0.05) is 77.4 Å². The first-order chi connectivity index (χ1) is 21.7. The maximum atomic E-state index is 15.4. The molecule has 3 aromatic rings. The minimum absolute atomic E-state index is 0.0235. The fraction of sp³-hybridized carbons (Fsp3) is 0.424. The van der Waals surface area contributed by atoms with E-state index in [4.69, 9.17) is 0 Å². The van der Waals surface area contributed by atoms with E-state index in [1.165, 1.54) is 4.57 Å². The fourth-order valence-corrected chi connectivity index (χ4v) is 7.77.